The Morgan fingerprint density at radius 2 is 1.70 bits per heavy atom. The lowest BCUT2D eigenvalue weighted by Gasteiger charge is -2.26. The van der Waals surface area contributed by atoms with Gasteiger partial charge in [0.25, 0.3) is 11.7 Å². The van der Waals surface area contributed by atoms with Gasteiger partial charge in [-0.1, -0.05) is 24.3 Å². The van der Waals surface area contributed by atoms with Gasteiger partial charge in [0, 0.05) is 24.5 Å². The quantitative estimate of drug-likeness (QED) is 0.404. The molecule has 2 aromatic carbocycles. The van der Waals surface area contributed by atoms with Crippen LogP contribution in [0.25, 0.3) is 5.76 Å². The van der Waals surface area contributed by atoms with Crippen molar-refractivity contribution in [2.24, 2.45) is 0 Å². The number of hydrogen-bond donors (Lipinski definition) is 1. The first kappa shape index (κ1) is 19.5. The number of rotatable bonds is 4. The second-order valence-corrected chi connectivity index (χ2v) is 7.15. The molecule has 1 aromatic heterocycles. The molecule has 1 aliphatic heterocycles. The number of nitrogens with zero attached hydrogens (tertiary/aromatic N) is 2. The second kappa shape index (κ2) is 7.91. The Kier molecular flexibility index (Phi) is 5.14. The van der Waals surface area contributed by atoms with Crippen LogP contribution in [0.2, 0.25) is 0 Å². The van der Waals surface area contributed by atoms with Crippen molar-refractivity contribution in [1.82, 2.24) is 9.88 Å². The first-order valence-corrected chi connectivity index (χ1v) is 9.46. The Morgan fingerprint density at radius 3 is 2.37 bits per heavy atom. The minimum absolute atomic E-state index is 0.00466. The molecule has 150 valence electrons. The summed E-state index contributed by atoms with van der Waals surface area (Å²) in [6.07, 6.45) is 3.24. The van der Waals surface area contributed by atoms with Crippen molar-refractivity contribution in [3.8, 4) is 0 Å². The number of pyridine rings is 1. The van der Waals surface area contributed by atoms with Crippen molar-refractivity contribution < 1.29 is 19.1 Å². The molecule has 0 saturated carbocycles. The highest BCUT2D eigenvalue weighted by molar-refractivity contribution is 6.46. The number of amides is 1. The van der Waals surface area contributed by atoms with E-state index in [1.165, 1.54) is 29.2 Å². The van der Waals surface area contributed by atoms with Crippen molar-refractivity contribution in [2.45, 2.75) is 19.5 Å². The molecule has 3 aromatic rings. The van der Waals surface area contributed by atoms with Gasteiger partial charge in [0.1, 0.15) is 11.6 Å². The van der Waals surface area contributed by atoms with Crippen LogP contribution in [0.5, 0.6) is 0 Å². The predicted molar refractivity (Wildman–Crippen MR) is 110 cm³/mol. The Hall–Kier alpha value is -3.80. The molecular formula is C24H19FN2O3. The monoisotopic (exact) mass is 402 g/mol. The van der Waals surface area contributed by atoms with Crippen LogP contribution in [0, 0.1) is 12.7 Å². The second-order valence-electron chi connectivity index (χ2n) is 7.15. The number of halogens is 1. The van der Waals surface area contributed by atoms with E-state index in [2.05, 4.69) is 4.98 Å². The molecule has 0 spiro atoms. The first-order chi connectivity index (χ1) is 14.5. The van der Waals surface area contributed by atoms with E-state index in [1.807, 2.05) is 31.2 Å². The summed E-state index contributed by atoms with van der Waals surface area (Å²) < 4.78 is 13.3. The normalized spacial score (nSPS) is 18.1. The molecule has 0 radical (unpaired) electrons. The lowest BCUT2D eigenvalue weighted by molar-refractivity contribution is -0.140. The number of aryl methyl sites for hydroxylation is 1. The molecule has 30 heavy (non-hydrogen) atoms. The van der Waals surface area contributed by atoms with Gasteiger partial charge in [0.15, 0.2) is 0 Å². The van der Waals surface area contributed by atoms with Crippen LogP contribution < -0.4 is 0 Å². The lowest BCUT2D eigenvalue weighted by Crippen LogP contribution is -2.29. The molecule has 1 unspecified atom stereocenters. The Balaban J connectivity index is 1.88. The smallest absolute Gasteiger partial charge is 0.295 e. The zero-order valence-electron chi connectivity index (χ0n) is 16.2. The molecule has 1 atom stereocenters. The van der Waals surface area contributed by atoms with Gasteiger partial charge in [-0.25, -0.2) is 4.39 Å². The standard InChI is InChI=1S/C24H19FN2O3/c1-15-4-2-3-5-19(15)21-20(22(28)17-6-8-18(25)9-7-17)23(29)24(30)27(21)14-16-10-12-26-13-11-16/h2-13,21,28H,14H2,1H3/b22-20-. The van der Waals surface area contributed by atoms with E-state index in [9.17, 15) is 19.1 Å². The van der Waals surface area contributed by atoms with Crippen LogP contribution in [0.1, 0.15) is 28.3 Å². The Bertz CT molecular complexity index is 1140. The number of Topliss-reactive ketones (excluding diaryl/α,β-unsaturated/α-hetero) is 1. The number of ketones is 1. The van der Waals surface area contributed by atoms with Crippen LogP contribution >= 0.6 is 0 Å². The molecule has 1 saturated heterocycles. The molecule has 0 bridgehead atoms. The van der Waals surface area contributed by atoms with Gasteiger partial charge >= 0.3 is 0 Å². The lowest BCUT2D eigenvalue weighted by atomic mass is 9.92. The zero-order chi connectivity index (χ0) is 21.3. The average Bonchev–Trinajstić information content (AvgIpc) is 3.00. The van der Waals surface area contributed by atoms with Crippen LogP contribution in [-0.2, 0) is 16.1 Å². The SMILES string of the molecule is Cc1ccccc1C1/C(=C(/O)c2ccc(F)cc2)C(=O)C(=O)N1Cc1ccncc1. The maximum Gasteiger partial charge on any atom is 0.295 e. The van der Waals surface area contributed by atoms with E-state index in [4.69, 9.17) is 0 Å². The van der Waals surface area contributed by atoms with Crippen LogP contribution in [0.4, 0.5) is 4.39 Å². The van der Waals surface area contributed by atoms with Gasteiger partial charge in [-0.2, -0.15) is 0 Å². The highest BCUT2D eigenvalue weighted by Gasteiger charge is 2.46. The summed E-state index contributed by atoms with van der Waals surface area (Å²) in [6, 6.07) is 15.4. The van der Waals surface area contributed by atoms with E-state index in [0.29, 0.717) is 0 Å². The fourth-order valence-corrected chi connectivity index (χ4v) is 3.71. The minimum atomic E-state index is -0.765. The molecule has 1 fully saturated rings. The van der Waals surface area contributed by atoms with E-state index < -0.39 is 23.5 Å². The third-order valence-corrected chi connectivity index (χ3v) is 5.24. The highest BCUT2D eigenvalue weighted by atomic mass is 19.1. The average molecular weight is 402 g/mol. The summed E-state index contributed by atoms with van der Waals surface area (Å²) in [6.45, 7) is 2.08. The molecule has 2 heterocycles. The summed E-state index contributed by atoms with van der Waals surface area (Å²) in [5.74, 6) is -2.23. The summed E-state index contributed by atoms with van der Waals surface area (Å²) in [4.78, 5) is 31.4. The molecule has 6 heteroatoms. The fraction of sp³-hybridized carbons (Fsp3) is 0.125. The topological polar surface area (TPSA) is 70.5 Å². The summed E-state index contributed by atoms with van der Waals surface area (Å²) in [7, 11) is 0. The number of hydrogen-bond acceptors (Lipinski definition) is 4. The number of likely N-dealkylation sites (tertiary alicyclic amines) is 1. The van der Waals surface area contributed by atoms with Gasteiger partial charge in [-0.15, -0.1) is 0 Å². The van der Waals surface area contributed by atoms with Crippen LogP contribution in [0.3, 0.4) is 0 Å². The number of carbonyl (C=O) groups is 2. The third kappa shape index (κ3) is 3.48. The summed E-state index contributed by atoms with van der Waals surface area (Å²) >= 11 is 0. The molecular weight excluding hydrogens is 383 g/mol. The van der Waals surface area contributed by atoms with Crippen molar-refractivity contribution in [3.05, 3.63) is 107 Å². The minimum Gasteiger partial charge on any atom is -0.507 e. The van der Waals surface area contributed by atoms with Crippen molar-refractivity contribution in [2.75, 3.05) is 0 Å². The van der Waals surface area contributed by atoms with Crippen molar-refractivity contribution in [1.29, 1.82) is 0 Å². The number of aliphatic hydroxyl groups is 1. The van der Waals surface area contributed by atoms with E-state index in [-0.39, 0.29) is 23.4 Å². The number of benzene rings is 2. The van der Waals surface area contributed by atoms with Crippen molar-refractivity contribution >= 4 is 17.4 Å². The third-order valence-electron chi connectivity index (χ3n) is 5.24. The largest absolute Gasteiger partial charge is 0.507 e. The molecule has 1 aliphatic rings. The zero-order valence-corrected chi connectivity index (χ0v) is 16.2. The highest BCUT2D eigenvalue weighted by Crippen LogP contribution is 2.41. The maximum atomic E-state index is 13.3. The van der Waals surface area contributed by atoms with Gasteiger partial charge in [0.05, 0.1) is 11.6 Å². The first-order valence-electron chi connectivity index (χ1n) is 9.46. The van der Waals surface area contributed by atoms with Gasteiger partial charge in [-0.3, -0.25) is 14.6 Å². The Morgan fingerprint density at radius 1 is 1.03 bits per heavy atom. The molecule has 0 aliphatic carbocycles. The number of aromatic nitrogens is 1. The summed E-state index contributed by atoms with van der Waals surface area (Å²) in [5, 5.41) is 11.0. The fourth-order valence-electron chi connectivity index (χ4n) is 3.71. The molecule has 4 rings (SSSR count). The maximum absolute atomic E-state index is 13.3. The van der Waals surface area contributed by atoms with Crippen molar-refractivity contribution in [3.63, 3.8) is 0 Å². The van der Waals surface area contributed by atoms with E-state index >= 15 is 0 Å². The number of aliphatic hydroxyl groups excluding tert-OH is 1. The van der Waals surface area contributed by atoms with Crippen LogP contribution in [-0.4, -0.2) is 26.7 Å². The number of carbonyl (C=O) groups excluding carboxylic acids is 2. The predicted octanol–water partition coefficient (Wildman–Crippen LogP) is 4.15. The van der Waals surface area contributed by atoms with E-state index in [0.717, 1.165) is 16.7 Å². The summed E-state index contributed by atoms with van der Waals surface area (Å²) in [5.41, 5.74) is 2.71. The Labute approximate surface area is 173 Å². The van der Waals surface area contributed by atoms with Gasteiger partial charge < -0.3 is 10.0 Å². The van der Waals surface area contributed by atoms with E-state index in [1.54, 1.807) is 24.5 Å². The molecule has 5 nitrogen and oxygen atoms in total. The van der Waals surface area contributed by atoms with Gasteiger partial charge in [0.2, 0.25) is 0 Å². The van der Waals surface area contributed by atoms with Crippen LogP contribution in [0.15, 0.2) is 78.6 Å². The molecule has 1 N–H and O–H groups in total. The van der Waals surface area contributed by atoms with Gasteiger partial charge in [-0.05, 0) is 60.0 Å². The molecule has 1 amide bonds.